The molecule has 2 amide bonds. The number of amides is 2. The van der Waals surface area contributed by atoms with Crippen LogP contribution in [-0.2, 0) is 16.1 Å². The van der Waals surface area contributed by atoms with Crippen molar-refractivity contribution in [2.75, 3.05) is 11.4 Å². The Morgan fingerprint density at radius 2 is 1.71 bits per heavy atom. The van der Waals surface area contributed by atoms with Crippen LogP contribution < -0.4 is 4.90 Å². The highest BCUT2D eigenvalue weighted by molar-refractivity contribution is 5.88. The van der Waals surface area contributed by atoms with Crippen molar-refractivity contribution in [3.8, 4) is 0 Å². The smallest absolute Gasteiger partial charge is 0.416 e. The third kappa shape index (κ3) is 6.32. The van der Waals surface area contributed by atoms with Crippen LogP contribution in [0, 0.1) is 0 Å². The second-order valence-electron chi connectivity index (χ2n) is 10.5. The summed E-state index contributed by atoms with van der Waals surface area (Å²) < 4.78 is 11.5. The van der Waals surface area contributed by atoms with Gasteiger partial charge in [0.2, 0.25) is 0 Å². The minimum atomic E-state index is -0.610. The molecule has 35 heavy (non-hydrogen) atoms. The number of ether oxygens (including phenoxy) is 2. The highest BCUT2D eigenvalue weighted by Crippen LogP contribution is 2.38. The molecule has 2 aliphatic rings. The first-order chi connectivity index (χ1) is 16.8. The lowest BCUT2D eigenvalue weighted by atomic mass is 9.95. The van der Waals surface area contributed by atoms with E-state index in [0.717, 1.165) is 56.1 Å². The third-order valence-corrected chi connectivity index (χ3v) is 6.63. The molecular weight excluding hydrogens is 442 g/mol. The van der Waals surface area contributed by atoms with Gasteiger partial charge in [0.15, 0.2) is 0 Å². The second kappa shape index (κ2) is 11.1. The summed E-state index contributed by atoms with van der Waals surface area (Å²) >= 11 is 0. The zero-order valence-corrected chi connectivity index (χ0v) is 21.1. The molecule has 188 valence electrons. The summed E-state index contributed by atoms with van der Waals surface area (Å²) in [5.41, 5.74) is 1.22. The Hall–Kier alpha value is -3.09. The molecule has 0 bridgehead atoms. The number of rotatable bonds is 5. The second-order valence-corrected chi connectivity index (χ2v) is 10.5. The summed E-state index contributed by atoms with van der Waals surface area (Å²) in [7, 11) is 0. The van der Waals surface area contributed by atoms with Gasteiger partial charge >= 0.3 is 12.2 Å². The monoisotopic (exact) mass is 479 g/mol. The van der Waals surface area contributed by atoms with Crippen molar-refractivity contribution in [3.63, 3.8) is 0 Å². The van der Waals surface area contributed by atoms with Gasteiger partial charge in [0.05, 0.1) is 6.04 Å². The number of carbonyl (C=O) groups is 2. The van der Waals surface area contributed by atoms with Crippen LogP contribution in [0.15, 0.2) is 48.7 Å². The molecule has 7 nitrogen and oxygen atoms in total. The van der Waals surface area contributed by atoms with E-state index < -0.39 is 5.60 Å². The molecule has 1 aliphatic carbocycles. The molecule has 0 radical (unpaired) electrons. The van der Waals surface area contributed by atoms with Crippen LogP contribution >= 0.6 is 0 Å². The fourth-order valence-corrected chi connectivity index (χ4v) is 5.03. The summed E-state index contributed by atoms with van der Waals surface area (Å²) in [6.07, 6.45) is 7.71. The molecule has 1 aromatic carbocycles. The largest absolute Gasteiger partial charge is 0.445 e. The van der Waals surface area contributed by atoms with Crippen molar-refractivity contribution in [3.05, 3.63) is 59.8 Å². The number of nitrogens with zero attached hydrogens (tertiary/aromatic N) is 3. The maximum absolute atomic E-state index is 13.4. The SMILES string of the molecule is CC(C)(C)OC(=O)N(c1ncccc1[C@H]1CCCCN1C(=O)OCc1ccccc1)C1CCCC1. The van der Waals surface area contributed by atoms with Crippen LogP contribution in [0.3, 0.4) is 0 Å². The summed E-state index contributed by atoms with van der Waals surface area (Å²) in [5, 5.41) is 0. The molecule has 2 heterocycles. The van der Waals surface area contributed by atoms with Gasteiger partial charge in [-0.05, 0) is 64.5 Å². The van der Waals surface area contributed by atoms with Gasteiger partial charge in [-0.2, -0.15) is 0 Å². The molecular formula is C28H37N3O4. The summed E-state index contributed by atoms with van der Waals surface area (Å²) in [4.78, 5) is 34.8. The van der Waals surface area contributed by atoms with Crippen molar-refractivity contribution in [1.29, 1.82) is 0 Å². The van der Waals surface area contributed by atoms with Crippen molar-refractivity contribution < 1.29 is 19.1 Å². The molecule has 0 unspecified atom stereocenters. The molecule has 0 spiro atoms. The van der Waals surface area contributed by atoms with Gasteiger partial charge < -0.3 is 14.4 Å². The minimum Gasteiger partial charge on any atom is -0.445 e. The molecule has 7 heteroatoms. The molecule has 1 aromatic heterocycles. The van der Waals surface area contributed by atoms with Crippen LogP contribution in [-0.4, -0.2) is 40.3 Å². The van der Waals surface area contributed by atoms with Crippen LogP contribution in [0.1, 0.15) is 82.9 Å². The summed E-state index contributed by atoms with van der Waals surface area (Å²) in [6.45, 7) is 6.48. The fraction of sp³-hybridized carbons (Fsp3) is 0.536. The standard InChI is InChI=1S/C28H37N3O4/c1-28(2,3)35-27(33)31(22-14-7-8-15-22)25-23(16-11-18-29-25)24-17-9-10-19-30(24)26(32)34-20-21-12-5-4-6-13-21/h4-6,11-13,16,18,22,24H,7-10,14-15,17,19-20H2,1-3H3/t24-/m1/s1. The van der Waals surface area contributed by atoms with E-state index >= 15 is 0 Å². The van der Waals surface area contributed by atoms with Crippen LogP contribution in [0.2, 0.25) is 0 Å². The zero-order chi connectivity index (χ0) is 24.8. The maximum Gasteiger partial charge on any atom is 0.416 e. The van der Waals surface area contributed by atoms with E-state index in [1.165, 1.54) is 0 Å². The third-order valence-electron chi connectivity index (χ3n) is 6.63. The molecule has 1 saturated carbocycles. The number of likely N-dealkylation sites (tertiary alicyclic amines) is 1. The average Bonchev–Trinajstić information content (AvgIpc) is 3.37. The number of hydrogen-bond acceptors (Lipinski definition) is 5. The highest BCUT2D eigenvalue weighted by Gasteiger charge is 2.37. The number of aromatic nitrogens is 1. The van der Waals surface area contributed by atoms with Crippen molar-refractivity contribution in [1.82, 2.24) is 9.88 Å². The van der Waals surface area contributed by atoms with Crippen LogP contribution in [0.5, 0.6) is 0 Å². The molecule has 1 aliphatic heterocycles. The van der Waals surface area contributed by atoms with Gasteiger partial charge in [0.25, 0.3) is 0 Å². The van der Waals surface area contributed by atoms with E-state index in [9.17, 15) is 9.59 Å². The number of pyridine rings is 1. The molecule has 0 N–H and O–H groups in total. The fourth-order valence-electron chi connectivity index (χ4n) is 5.03. The Morgan fingerprint density at radius 1 is 1.00 bits per heavy atom. The van der Waals surface area contributed by atoms with Gasteiger partial charge in [0, 0.05) is 24.3 Å². The lowest BCUT2D eigenvalue weighted by Crippen LogP contribution is -2.45. The lowest BCUT2D eigenvalue weighted by Gasteiger charge is -2.38. The summed E-state index contributed by atoms with van der Waals surface area (Å²) in [5.74, 6) is 0.599. The van der Waals surface area contributed by atoms with Gasteiger partial charge in [-0.1, -0.05) is 49.2 Å². The van der Waals surface area contributed by atoms with E-state index in [-0.39, 0.29) is 30.9 Å². The van der Waals surface area contributed by atoms with Gasteiger partial charge in [-0.3, -0.25) is 4.90 Å². The molecule has 4 rings (SSSR count). The van der Waals surface area contributed by atoms with Gasteiger partial charge in [-0.15, -0.1) is 0 Å². The van der Waals surface area contributed by atoms with Crippen LogP contribution in [0.4, 0.5) is 15.4 Å². The van der Waals surface area contributed by atoms with E-state index in [4.69, 9.17) is 9.47 Å². The normalized spacial score (nSPS) is 18.8. The molecule has 1 atom stereocenters. The van der Waals surface area contributed by atoms with Gasteiger partial charge in [-0.25, -0.2) is 14.6 Å². The molecule has 2 fully saturated rings. The first-order valence-corrected chi connectivity index (χ1v) is 12.8. The number of benzene rings is 1. The Morgan fingerprint density at radius 3 is 2.43 bits per heavy atom. The number of carbonyl (C=O) groups excluding carboxylic acids is 2. The first-order valence-electron chi connectivity index (χ1n) is 12.8. The first kappa shape index (κ1) is 25.0. The van der Waals surface area contributed by atoms with Crippen LogP contribution in [0.25, 0.3) is 0 Å². The molecule has 2 aromatic rings. The number of piperidine rings is 1. The van der Waals surface area contributed by atoms with E-state index in [1.54, 1.807) is 16.0 Å². The lowest BCUT2D eigenvalue weighted by molar-refractivity contribution is 0.0562. The van der Waals surface area contributed by atoms with E-state index in [0.29, 0.717) is 12.4 Å². The van der Waals surface area contributed by atoms with Crippen molar-refractivity contribution in [2.24, 2.45) is 0 Å². The Kier molecular flexibility index (Phi) is 7.93. The number of hydrogen-bond donors (Lipinski definition) is 0. The van der Waals surface area contributed by atoms with Crippen molar-refractivity contribution in [2.45, 2.75) is 90.0 Å². The van der Waals surface area contributed by atoms with E-state index in [1.807, 2.05) is 63.2 Å². The maximum atomic E-state index is 13.4. The topological polar surface area (TPSA) is 72.0 Å². The predicted octanol–water partition coefficient (Wildman–Crippen LogP) is 6.63. The summed E-state index contributed by atoms with van der Waals surface area (Å²) in [6, 6.07) is 13.4. The quantitative estimate of drug-likeness (QED) is 0.481. The minimum absolute atomic E-state index is 0.0422. The highest BCUT2D eigenvalue weighted by atomic mass is 16.6. The average molecular weight is 480 g/mol. The number of anilines is 1. The Balaban J connectivity index is 1.61. The Labute approximate surface area is 208 Å². The van der Waals surface area contributed by atoms with Crippen molar-refractivity contribution >= 4 is 18.0 Å². The zero-order valence-electron chi connectivity index (χ0n) is 21.1. The molecule has 1 saturated heterocycles. The predicted molar refractivity (Wildman–Crippen MR) is 135 cm³/mol. The Bertz CT molecular complexity index is 999. The van der Waals surface area contributed by atoms with E-state index in [2.05, 4.69) is 4.98 Å². The van der Waals surface area contributed by atoms with Gasteiger partial charge in [0.1, 0.15) is 18.0 Å².